The second-order valence-electron chi connectivity index (χ2n) is 2.10. The van der Waals surface area contributed by atoms with Gasteiger partial charge in [0.15, 0.2) is 5.82 Å². The number of allylic oxidation sites excluding steroid dienone is 1. The fraction of sp³-hybridized carbons (Fsp3) is 0.500. The fourth-order valence-corrected chi connectivity index (χ4v) is 0.795. The Labute approximate surface area is 64.9 Å². The van der Waals surface area contributed by atoms with E-state index in [0.29, 0.717) is 19.5 Å². The van der Waals surface area contributed by atoms with E-state index in [0.717, 1.165) is 5.82 Å². The zero-order valence-electron chi connectivity index (χ0n) is 6.27. The molecule has 0 atom stereocenters. The molecule has 0 radical (unpaired) electrons. The summed E-state index contributed by atoms with van der Waals surface area (Å²) in [5.41, 5.74) is 5.35. The molecular formula is C6H11N5. The van der Waals surface area contributed by atoms with E-state index in [-0.39, 0.29) is 0 Å². The number of hydrogen-bond acceptors (Lipinski definition) is 4. The maximum absolute atomic E-state index is 5.35. The molecule has 60 valence electrons. The summed E-state index contributed by atoms with van der Waals surface area (Å²) < 4.78 is 1.68. The summed E-state index contributed by atoms with van der Waals surface area (Å²) in [4.78, 5) is 0. The van der Waals surface area contributed by atoms with E-state index in [1.54, 1.807) is 10.8 Å². The van der Waals surface area contributed by atoms with Crippen LogP contribution >= 0.6 is 0 Å². The Morgan fingerprint density at radius 1 is 1.64 bits per heavy atom. The van der Waals surface area contributed by atoms with E-state index in [1.807, 2.05) is 0 Å². The first-order valence-electron chi connectivity index (χ1n) is 3.44. The van der Waals surface area contributed by atoms with Crippen molar-refractivity contribution < 1.29 is 0 Å². The molecule has 1 rings (SSSR count). The number of nitrogens with zero attached hydrogens (tertiary/aromatic N) is 4. The normalized spacial score (nSPS) is 9.91. The Morgan fingerprint density at radius 2 is 2.45 bits per heavy atom. The molecule has 2 N–H and O–H groups in total. The zero-order valence-corrected chi connectivity index (χ0v) is 6.27. The lowest BCUT2D eigenvalue weighted by Gasteiger charge is -1.97. The fourth-order valence-electron chi connectivity index (χ4n) is 0.795. The SMILES string of the molecule is C=CCn1nnnc1CCN. The molecule has 0 saturated heterocycles. The average Bonchev–Trinajstić information content (AvgIpc) is 2.39. The van der Waals surface area contributed by atoms with Crippen LogP contribution in [0.4, 0.5) is 0 Å². The number of rotatable bonds is 4. The largest absolute Gasteiger partial charge is 0.330 e. The molecule has 0 aliphatic carbocycles. The van der Waals surface area contributed by atoms with Crippen LogP contribution in [0.2, 0.25) is 0 Å². The van der Waals surface area contributed by atoms with Crippen molar-refractivity contribution >= 4 is 0 Å². The Kier molecular flexibility index (Phi) is 2.74. The third-order valence-electron chi connectivity index (χ3n) is 1.28. The van der Waals surface area contributed by atoms with Crippen LogP contribution in [0.5, 0.6) is 0 Å². The third-order valence-corrected chi connectivity index (χ3v) is 1.28. The minimum atomic E-state index is 0.567. The summed E-state index contributed by atoms with van der Waals surface area (Å²) in [6, 6.07) is 0. The Morgan fingerprint density at radius 3 is 3.09 bits per heavy atom. The van der Waals surface area contributed by atoms with Crippen molar-refractivity contribution in [2.24, 2.45) is 5.73 Å². The number of hydrogen-bond donors (Lipinski definition) is 1. The second kappa shape index (κ2) is 3.82. The molecule has 1 aromatic heterocycles. The van der Waals surface area contributed by atoms with Gasteiger partial charge in [-0.2, -0.15) is 0 Å². The summed E-state index contributed by atoms with van der Waals surface area (Å²) in [6.07, 6.45) is 2.46. The third kappa shape index (κ3) is 1.84. The molecule has 0 bridgehead atoms. The van der Waals surface area contributed by atoms with Gasteiger partial charge in [0, 0.05) is 6.42 Å². The van der Waals surface area contributed by atoms with Gasteiger partial charge in [0.2, 0.25) is 0 Å². The molecule has 5 nitrogen and oxygen atoms in total. The molecule has 0 saturated carbocycles. The van der Waals surface area contributed by atoms with Crippen LogP contribution in [0.25, 0.3) is 0 Å². The van der Waals surface area contributed by atoms with Gasteiger partial charge < -0.3 is 5.73 Å². The predicted octanol–water partition coefficient (Wildman–Crippen LogP) is -0.640. The van der Waals surface area contributed by atoms with Gasteiger partial charge in [-0.15, -0.1) is 11.7 Å². The van der Waals surface area contributed by atoms with Crippen molar-refractivity contribution in [2.45, 2.75) is 13.0 Å². The molecule has 0 aliphatic heterocycles. The van der Waals surface area contributed by atoms with Crippen LogP contribution in [-0.4, -0.2) is 26.8 Å². The van der Waals surface area contributed by atoms with Gasteiger partial charge >= 0.3 is 0 Å². The van der Waals surface area contributed by atoms with Gasteiger partial charge in [-0.05, 0) is 17.0 Å². The predicted molar refractivity (Wildman–Crippen MR) is 40.8 cm³/mol. The van der Waals surface area contributed by atoms with Crippen LogP contribution in [-0.2, 0) is 13.0 Å². The Bertz CT molecular complexity index is 229. The molecule has 0 unspecified atom stereocenters. The first-order valence-corrected chi connectivity index (χ1v) is 3.44. The molecule has 0 spiro atoms. The Hall–Kier alpha value is -1.23. The maximum Gasteiger partial charge on any atom is 0.152 e. The lowest BCUT2D eigenvalue weighted by molar-refractivity contribution is 0.628. The van der Waals surface area contributed by atoms with Crippen molar-refractivity contribution in [1.29, 1.82) is 0 Å². The lowest BCUT2D eigenvalue weighted by atomic mass is 10.4. The quantitative estimate of drug-likeness (QED) is 0.584. The molecule has 0 aromatic carbocycles. The van der Waals surface area contributed by atoms with Crippen molar-refractivity contribution in [1.82, 2.24) is 20.2 Å². The zero-order chi connectivity index (χ0) is 8.10. The van der Waals surface area contributed by atoms with E-state index in [9.17, 15) is 0 Å². The van der Waals surface area contributed by atoms with Crippen molar-refractivity contribution in [3.05, 3.63) is 18.5 Å². The van der Waals surface area contributed by atoms with E-state index in [1.165, 1.54) is 0 Å². The minimum absolute atomic E-state index is 0.567. The van der Waals surface area contributed by atoms with Crippen molar-refractivity contribution in [3.8, 4) is 0 Å². The first-order chi connectivity index (χ1) is 5.38. The monoisotopic (exact) mass is 153 g/mol. The maximum atomic E-state index is 5.35. The highest BCUT2D eigenvalue weighted by Crippen LogP contribution is 1.91. The topological polar surface area (TPSA) is 69.6 Å². The molecular weight excluding hydrogens is 142 g/mol. The summed E-state index contributed by atoms with van der Waals surface area (Å²) in [7, 11) is 0. The number of tetrazole rings is 1. The molecule has 0 aliphatic rings. The van der Waals surface area contributed by atoms with Gasteiger partial charge in [0.1, 0.15) is 0 Å². The lowest BCUT2D eigenvalue weighted by Crippen LogP contribution is -2.10. The highest BCUT2D eigenvalue weighted by atomic mass is 15.5. The molecule has 5 heteroatoms. The number of aromatic nitrogens is 4. The average molecular weight is 153 g/mol. The molecule has 11 heavy (non-hydrogen) atoms. The van der Waals surface area contributed by atoms with E-state index in [4.69, 9.17) is 5.73 Å². The Balaban J connectivity index is 2.69. The smallest absolute Gasteiger partial charge is 0.152 e. The summed E-state index contributed by atoms with van der Waals surface area (Å²) in [5, 5.41) is 11.1. The van der Waals surface area contributed by atoms with E-state index in [2.05, 4.69) is 22.1 Å². The highest BCUT2D eigenvalue weighted by molar-refractivity contribution is 4.83. The molecule has 1 heterocycles. The second-order valence-corrected chi connectivity index (χ2v) is 2.10. The molecule has 0 amide bonds. The molecule has 0 fully saturated rings. The van der Waals surface area contributed by atoms with Crippen LogP contribution < -0.4 is 5.73 Å². The summed E-state index contributed by atoms with van der Waals surface area (Å²) in [6.45, 7) is 4.80. The first kappa shape index (κ1) is 7.87. The van der Waals surface area contributed by atoms with Gasteiger partial charge in [-0.1, -0.05) is 6.08 Å². The number of nitrogens with two attached hydrogens (primary N) is 1. The van der Waals surface area contributed by atoms with Gasteiger partial charge in [-0.3, -0.25) is 0 Å². The van der Waals surface area contributed by atoms with Gasteiger partial charge in [-0.25, -0.2) is 4.68 Å². The van der Waals surface area contributed by atoms with E-state index < -0.39 is 0 Å². The highest BCUT2D eigenvalue weighted by Gasteiger charge is 2.01. The minimum Gasteiger partial charge on any atom is -0.330 e. The van der Waals surface area contributed by atoms with Crippen LogP contribution in [0, 0.1) is 0 Å². The van der Waals surface area contributed by atoms with Gasteiger partial charge in [0.25, 0.3) is 0 Å². The van der Waals surface area contributed by atoms with Gasteiger partial charge in [0.05, 0.1) is 6.54 Å². The van der Waals surface area contributed by atoms with E-state index >= 15 is 0 Å². The standard InChI is InChI=1S/C6H11N5/c1-2-5-11-6(3-4-7)8-9-10-11/h2H,1,3-5,7H2. The van der Waals surface area contributed by atoms with Crippen molar-refractivity contribution in [2.75, 3.05) is 6.54 Å². The van der Waals surface area contributed by atoms with Crippen LogP contribution in [0.3, 0.4) is 0 Å². The summed E-state index contributed by atoms with van der Waals surface area (Å²) >= 11 is 0. The summed E-state index contributed by atoms with van der Waals surface area (Å²) in [5.74, 6) is 0.812. The molecule has 1 aromatic rings. The van der Waals surface area contributed by atoms with Crippen molar-refractivity contribution in [3.63, 3.8) is 0 Å². The van der Waals surface area contributed by atoms with Crippen LogP contribution in [0.15, 0.2) is 12.7 Å². The van der Waals surface area contributed by atoms with Crippen LogP contribution in [0.1, 0.15) is 5.82 Å².